The Balaban J connectivity index is 1.43. The van der Waals surface area contributed by atoms with Crippen molar-refractivity contribution in [3.8, 4) is 40.1 Å². The average Bonchev–Trinajstić information content (AvgIpc) is 2.99. The first kappa shape index (κ1) is 30.4. The number of hydrogen-bond acceptors (Lipinski definition) is 13. The van der Waals surface area contributed by atoms with Gasteiger partial charge in [-0.25, -0.2) is 4.79 Å². The molecule has 5 atom stereocenters. The van der Waals surface area contributed by atoms with E-state index in [1.54, 1.807) is 12.1 Å². The van der Waals surface area contributed by atoms with E-state index >= 15 is 0 Å². The van der Waals surface area contributed by atoms with Crippen LogP contribution in [0.25, 0.3) is 28.4 Å². The first-order valence-electron chi connectivity index (χ1n) is 13.2. The van der Waals surface area contributed by atoms with Crippen molar-refractivity contribution in [2.45, 2.75) is 30.7 Å². The molecule has 13 heteroatoms. The number of aromatic hydroxyl groups is 4. The summed E-state index contributed by atoms with van der Waals surface area (Å²) >= 11 is 0. The number of esters is 1. The minimum atomic E-state index is -1.77. The van der Waals surface area contributed by atoms with Crippen LogP contribution in [-0.2, 0) is 19.0 Å². The van der Waals surface area contributed by atoms with Crippen molar-refractivity contribution in [2.75, 3.05) is 13.7 Å². The highest BCUT2D eigenvalue weighted by Gasteiger charge is 2.47. The van der Waals surface area contributed by atoms with E-state index in [0.717, 1.165) is 18.2 Å². The molecule has 3 aromatic carbocycles. The Morgan fingerprint density at radius 3 is 2.23 bits per heavy atom. The van der Waals surface area contributed by atoms with Crippen LogP contribution < -0.4 is 10.2 Å². The van der Waals surface area contributed by atoms with Gasteiger partial charge in [-0.3, -0.25) is 4.79 Å². The summed E-state index contributed by atoms with van der Waals surface area (Å²) < 4.78 is 28.0. The number of rotatable bonds is 8. The van der Waals surface area contributed by atoms with E-state index in [2.05, 4.69) is 0 Å². The van der Waals surface area contributed by atoms with E-state index in [1.165, 1.54) is 49.6 Å². The van der Waals surface area contributed by atoms with Gasteiger partial charge >= 0.3 is 5.97 Å². The largest absolute Gasteiger partial charge is 0.508 e. The van der Waals surface area contributed by atoms with E-state index in [1.807, 2.05) is 0 Å². The fourth-order valence-corrected chi connectivity index (χ4v) is 4.68. The molecule has 1 aliphatic rings. The third-order valence-corrected chi connectivity index (χ3v) is 6.89. The first-order chi connectivity index (χ1) is 21.0. The Kier molecular flexibility index (Phi) is 8.73. The molecule has 4 aromatic rings. The average molecular weight is 609 g/mol. The van der Waals surface area contributed by atoms with Crippen molar-refractivity contribution in [1.82, 2.24) is 0 Å². The van der Waals surface area contributed by atoms with Crippen molar-refractivity contribution >= 4 is 23.0 Å². The van der Waals surface area contributed by atoms with Crippen LogP contribution >= 0.6 is 0 Å². The van der Waals surface area contributed by atoms with Gasteiger partial charge in [0.15, 0.2) is 5.76 Å². The molecule has 0 radical (unpaired) electrons. The molecule has 0 bridgehead atoms. The molecule has 1 saturated heterocycles. The number of aliphatic hydroxyl groups is 2. The first-order valence-corrected chi connectivity index (χ1v) is 13.2. The highest BCUT2D eigenvalue weighted by molar-refractivity contribution is 5.88. The molecule has 0 saturated carbocycles. The van der Waals surface area contributed by atoms with Crippen molar-refractivity contribution in [1.29, 1.82) is 0 Å². The number of aliphatic hydroxyl groups excluding tert-OH is 2. The normalized spacial score (nSPS) is 21.8. The summed E-state index contributed by atoms with van der Waals surface area (Å²) in [6.45, 7) is -0.446. The SMILES string of the molecule is COC1C(COC(=O)C=Cc2ccc(O)cc2)OC(Oc2c(-c3ccc(O)cc3)oc3cc(O)cc(O)c3c2=O)C(O)C1O. The topological polar surface area (TPSA) is 206 Å². The fraction of sp³-hybridized carbons (Fsp3) is 0.226. The summed E-state index contributed by atoms with van der Waals surface area (Å²) in [5, 5.41) is 60.8. The Labute approximate surface area is 249 Å². The molecule has 13 nitrogen and oxygen atoms in total. The van der Waals surface area contributed by atoms with Crippen molar-refractivity contribution in [2.24, 2.45) is 0 Å². The zero-order valence-corrected chi connectivity index (χ0v) is 23.1. The highest BCUT2D eigenvalue weighted by Crippen LogP contribution is 2.37. The number of phenolic OH excluding ortho intramolecular Hbond substituents is 4. The molecule has 0 aliphatic carbocycles. The minimum absolute atomic E-state index is 0.0649. The molecule has 5 unspecified atom stereocenters. The Morgan fingerprint density at radius 1 is 0.909 bits per heavy atom. The lowest BCUT2D eigenvalue weighted by Crippen LogP contribution is -2.61. The lowest BCUT2D eigenvalue weighted by Gasteiger charge is -2.41. The van der Waals surface area contributed by atoms with Crippen LogP contribution in [0.4, 0.5) is 0 Å². The molecule has 5 rings (SSSR count). The number of methoxy groups -OCH3 is 1. The van der Waals surface area contributed by atoms with E-state index in [0.29, 0.717) is 5.56 Å². The Bertz CT molecular complexity index is 1730. The number of ether oxygens (including phenoxy) is 4. The van der Waals surface area contributed by atoms with Gasteiger partial charge in [0.1, 0.15) is 65.0 Å². The standard InChI is InChI=1S/C31H28O13/c1-40-29-22(14-41-23(36)11-4-15-2-7-17(32)8-3-15)43-31(27(39)26(29)38)44-30-25(37)24-20(35)12-19(34)13-21(24)42-28(30)16-5-9-18(33)10-6-16/h2-13,22,26-27,29,31-35,38-39H,14H2,1H3. The highest BCUT2D eigenvalue weighted by atomic mass is 16.7. The number of fused-ring (bicyclic) bond motifs is 1. The van der Waals surface area contributed by atoms with Crippen LogP contribution in [0.5, 0.6) is 28.7 Å². The Morgan fingerprint density at radius 2 is 1.57 bits per heavy atom. The second-order valence-corrected chi connectivity index (χ2v) is 9.87. The van der Waals surface area contributed by atoms with Crippen LogP contribution in [0.1, 0.15) is 5.56 Å². The maximum absolute atomic E-state index is 13.6. The number of hydrogen-bond donors (Lipinski definition) is 6. The Hall–Kier alpha value is -5.08. The molecule has 0 amide bonds. The summed E-state index contributed by atoms with van der Waals surface area (Å²) in [6, 6.07) is 13.6. The van der Waals surface area contributed by atoms with Gasteiger partial charge in [0.2, 0.25) is 17.5 Å². The van der Waals surface area contributed by atoms with Gasteiger partial charge in [-0.2, -0.15) is 0 Å². The summed E-state index contributed by atoms with van der Waals surface area (Å²) in [7, 11) is 1.25. The number of carbonyl (C=O) groups is 1. The van der Waals surface area contributed by atoms with Crippen LogP contribution in [0.3, 0.4) is 0 Å². The molecule has 1 fully saturated rings. The van der Waals surface area contributed by atoms with Crippen LogP contribution in [0, 0.1) is 0 Å². The predicted octanol–water partition coefficient (Wildman–Crippen LogP) is 2.38. The van der Waals surface area contributed by atoms with Crippen LogP contribution in [0.2, 0.25) is 0 Å². The van der Waals surface area contributed by atoms with Gasteiger partial charge < -0.3 is 54.0 Å². The quantitative estimate of drug-likeness (QED) is 0.126. The molecular weight excluding hydrogens is 580 g/mol. The van der Waals surface area contributed by atoms with Gasteiger partial charge in [-0.15, -0.1) is 0 Å². The van der Waals surface area contributed by atoms with E-state index in [4.69, 9.17) is 23.4 Å². The molecule has 1 aliphatic heterocycles. The second-order valence-electron chi connectivity index (χ2n) is 9.87. The molecule has 6 N–H and O–H groups in total. The fourth-order valence-electron chi connectivity index (χ4n) is 4.68. The lowest BCUT2D eigenvalue weighted by atomic mass is 9.99. The third-order valence-electron chi connectivity index (χ3n) is 6.89. The summed E-state index contributed by atoms with van der Waals surface area (Å²) in [5.74, 6) is -2.49. The number of phenols is 4. The lowest BCUT2D eigenvalue weighted by molar-refractivity contribution is -0.282. The van der Waals surface area contributed by atoms with Gasteiger partial charge in [0, 0.05) is 30.9 Å². The zero-order valence-electron chi connectivity index (χ0n) is 23.1. The van der Waals surface area contributed by atoms with Gasteiger partial charge in [0.25, 0.3) is 0 Å². The molecular formula is C31H28O13. The van der Waals surface area contributed by atoms with Gasteiger partial charge in [-0.05, 0) is 48.0 Å². The van der Waals surface area contributed by atoms with Crippen molar-refractivity contribution < 1.29 is 58.8 Å². The summed E-state index contributed by atoms with van der Waals surface area (Å²) in [5.41, 5.74) is -0.215. The smallest absolute Gasteiger partial charge is 0.330 e. The van der Waals surface area contributed by atoms with Gasteiger partial charge in [0.05, 0.1) is 0 Å². The zero-order chi connectivity index (χ0) is 31.5. The van der Waals surface area contributed by atoms with Crippen molar-refractivity contribution in [3.05, 3.63) is 82.5 Å². The maximum Gasteiger partial charge on any atom is 0.330 e. The molecule has 2 heterocycles. The van der Waals surface area contributed by atoms with Gasteiger partial charge in [-0.1, -0.05) is 12.1 Å². The summed E-state index contributed by atoms with van der Waals surface area (Å²) in [4.78, 5) is 26.0. The van der Waals surface area contributed by atoms with Crippen LogP contribution in [0.15, 0.2) is 76.0 Å². The van der Waals surface area contributed by atoms with E-state index in [9.17, 15) is 40.2 Å². The van der Waals surface area contributed by atoms with Crippen molar-refractivity contribution in [3.63, 3.8) is 0 Å². The third kappa shape index (κ3) is 6.31. The molecule has 230 valence electrons. The molecule has 44 heavy (non-hydrogen) atoms. The summed E-state index contributed by atoms with van der Waals surface area (Å²) in [6.07, 6.45) is -4.85. The molecule has 1 aromatic heterocycles. The number of benzene rings is 3. The second kappa shape index (κ2) is 12.7. The van der Waals surface area contributed by atoms with Crippen LogP contribution in [-0.4, -0.2) is 81.0 Å². The monoisotopic (exact) mass is 608 g/mol. The van der Waals surface area contributed by atoms with E-state index in [-0.39, 0.29) is 39.5 Å². The minimum Gasteiger partial charge on any atom is -0.508 e. The maximum atomic E-state index is 13.6. The molecule has 0 spiro atoms. The predicted molar refractivity (Wildman–Crippen MR) is 153 cm³/mol. The number of carbonyl (C=O) groups excluding carboxylic acids is 1. The van der Waals surface area contributed by atoms with E-state index < -0.39 is 60.2 Å².